The fraction of sp³-hybridized carbons (Fsp3) is 0.417. The van der Waals surface area contributed by atoms with E-state index in [9.17, 15) is 4.79 Å². The fourth-order valence-corrected chi connectivity index (χ4v) is 2.01. The molecule has 0 aliphatic carbocycles. The maximum absolute atomic E-state index is 10.8. The van der Waals surface area contributed by atoms with Crippen molar-refractivity contribution in [1.29, 1.82) is 0 Å². The van der Waals surface area contributed by atoms with Gasteiger partial charge in [-0.25, -0.2) is 4.79 Å². The van der Waals surface area contributed by atoms with Crippen molar-refractivity contribution in [2.24, 2.45) is 0 Å². The molecule has 0 aliphatic heterocycles. The number of hydrogen-bond acceptors (Lipinski definition) is 1. The Morgan fingerprint density at radius 3 is 1.93 bits per heavy atom. The van der Waals surface area contributed by atoms with Crippen LogP contribution in [-0.4, -0.2) is 11.1 Å². The minimum Gasteiger partial charge on any atom is -0.478 e. The second-order valence-electron chi connectivity index (χ2n) is 3.98. The molecule has 0 fully saturated rings. The first-order valence-electron chi connectivity index (χ1n) is 4.78. The second kappa shape index (κ2) is 3.82. The van der Waals surface area contributed by atoms with Gasteiger partial charge in [0.05, 0.1) is 5.56 Å². The molecule has 1 aromatic carbocycles. The third kappa shape index (κ3) is 1.95. The van der Waals surface area contributed by atoms with Gasteiger partial charge in [-0.1, -0.05) is 13.8 Å². The van der Waals surface area contributed by atoms with Crippen LogP contribution in [0.1, 0.15) is 46.8 Å². The number of benzene rings is 1. The molecule has 0 unspecified atom stereocenters. The van der Waals surface area contributed by atoms with Crippen LogP contribution in [-0.2, 0) is 0 Å². The Morgan fingerprint density at radius 2 is 1.64 bits per heavy atom. The van der Waals surface area contributed by atoms with Gasteiger partial charge in [-0.15, -0.1) is 0 Å². The van der Waals surface area contributed by atoms with Crippen molar-refractivity contribution in [2.75, 3.05) is 0 Å². The predicted octanol–water partition coefficient (Wildman–Crippen LogP) is 3.13. The summed E-state index contributed by atoms with van der Waals surface area (Å²) in [6.45, 7) is 8.18. The molecular formula is C12H16O2. The smallest absolute Gasteiger partial charge is 0.335 e. The molecule has 0 aliphatic rings. The largest absolute Gasteiger partial charge is 0.478 e. The van der Waals surface area contributed by atoms with Crippen LogP contribution in [0.15, 0.2) is 12.1 Å². The fourth-order valence-electron chi connectivity index (χ4n) is 2.01. The molecule has 2 heteroatoms. The third-order valence-corrected chi connectivity index (χ3v) is 2.42. The summed E-state index contributed by atoms with van der Waals surface area (Å²) in [5.74, 6) is -0.413. The summed E-state index contributed by atoms with van der Waals surface area (Å²) in [6.07, 6.45) is 0. The van der Waals surface area contributed by atoms with Crippen LogP contribution in [0.4, 0.5) is 0 Å². The molecular weight excluding hydrogens is 176 g/mol. The van der Waals surface area contributed by atoms with Crippen LogP contribution in [0.2, 0.25) is 0 Å². The van der Waals surface area contributed by atoms with Gasteiger partial charge in [0.15, 0.2) is 0 Å². The maximum Gasteiger partial charge on any atom is 0.335 e. The zero-order valence-corrected chi connectivity index (χ0v) is 9.09. The van der Waals surface area contributed by atoms with E-state index in [2.05, 4.69) is 13.8 Å². The number of hydrogen-bond donors (Lipinski definition) is 1. The highest BCUT2D eigenvalue weighted by Crippen LogP contribution is 2.24. The quantitative estimate of drug-likeness (QED) is 0.781. The average molecular weight is 192 g/mol. The van der Waals surface area contributed by atoms with Crippen LogP contribution < -0.4 is 0 Å². The number of carbonyl (C=O) groups is 1. The molecule has 14 heavy (non-hydrogen) atoms. The van der Waals surface area contributed by atoms with Gasteiger partial charge in [0.25, 0.3) is 0 Å². The Hall–Kier alpha value is -1.31. The molecule has 0 radical (unpaired) electrons. The Balaban J connectivity index is 3.32. The summed E-state index contributed by atoms with van der Waals surface area (Å²) in [5, 5.41) is 8.86. The highest BCUT2D eigenvalue weighted by atomic mass is 16.4. The van der Waals surface area contributed by atoms with Crippen LogP contribution in [0.5, 0.6) is 0 Å². The summed E-state index contributed by atoms with van der Waals surface area (Å²) < 4.78 is 0. The first kappa shape index (κ1) is 10.8. The number of aromatic carboxylic acids is 1. The SMILES string of the molecule is Cc1cc(C(=O)O)cc(C)c1C(C)C. The van der Waals surface area contributed by atoms with Gasteiger partial charge in [-0.2, -0.15) is 0 Å². The van der Waals surface area contributed by atoms with E-state index >= 15 is 0 Å². The summed E-state index contributed by atoms with van der Waals surface area (Å²) in [7, 11) is 0. The first-order chi connectivity index (χ1) is 6.43. The van der Waals surface area contributed by atoms with Crippen LogP contribution in [0, 0.1) is 13.8 Å². The van der Waals surface area contributed by atoms with Crippen molar-refractivity contribution in [1.82, 2.24) is 0 Å². The van der Waals surface area contributed by atoms with Gasteiger partial charge in [-0.05, 0) is 48.6 Å². The van der Waals surface area contributed by atoms with Crippen molar-refractivity contribution in [2.45, 2.75) is 33.6 Å². The highest BCUT2D eigenvalue weighted by molar-refractivity contribution is 5.88. The lowest BCUT2D eigenvalue weighted by Crippen LogP contribution is -2.02. The molecule has 0 heterocycles. The number of carboxylic acids is 1. The van der Waals surface area contributed by atoms with Crippen LogP contribution in [0.25, 0.3) is 0 Å². The molecule has 1 rings (SSSR count). The molecule has 0 amide bonds. The van der Waals surface area contributed by atoms with E-state index in [1.807, 2.05) is 13.8 Å². The van der Waals surface area contributed by atoms with Gasteiger partial charge in [0.2, 0.25) is 0 Å². The van der Waals surface area contributed by atoms with Gasteiger partial charge in [0, 0.05) is 0 Å². The topological polar surface area (TPSA) is 37.3 Å². The Kier molecular flexibility index (Phi) is 2.94. The number of rotatable bonds is 2. The second-order valence-corrected chi connectivity index (χ2v) is 3.98. The minimum absolute atomic E-state index is 0.379. The molecule has 0 atom stereocenters. The Labute approximate surface area is 84.6 Å². The summed E-state index contributed by atoms with van der Waals surface area (Å²) >= 11 is 0. The van der Waals surface area contributed by atoms with E-state index in [1.54, 1.807) is 12.1 Å². The van der Waals surface area contributed by atoms with Gasteiger partial charge >= 0.3 is 5.97 Å². The van der Waals surface area contributed by atoms with Crippen LogP contribution in [0.3, 0.4) is 0 Å². The van der Waals surface area contributed by atoms with Crippen molar-refractivity contribution in [3.05, 3.63) is 34.4 Å². The predicted molar refractivity (Wildman–Crippen MR) is 57.0 cm³/mol. The normalized spacial score (nSPS) is 10.6. The van der Waals surface area contributed by atoms with Gasteiger partial charge < -0.3 is 5.11 Å². The standard InChI is InChI=1S/C12H16O2/c1-7(2)11-8(3)5-10(12(13)14)6-9(11)4/h5-7H,1-4H3,(H,13,14). The molecule has 1 N–H and O–H groups in total. The highest BCUT2D eigenvalue weighted by Gasteiger charge is 2.11. The molecule has 76 valence electrons. The van der Waals surface area contributed by atoms with Crippen molar-refractivity contribution in [3.8, 4) is 0 Å². The van der Waals surface area contributed by atoms with Crippen molar-refractivity contribution < 1.29 is 9.90 Å². The van der Waals surface area contributed by atoms with E-state index in [4.69, 9.17) is 5.11 Å². The summed E-state index contributed by atoms with van der Waals surface area (Å²) in [6, 6.07) is 3.48. The number of carboxylic acid groups (broad SMARTS) is 1. The van der Waals surface area contributed by atoms with E-state index in [0.717, 1.165) is 11.1 Å². The van der Waals surface area contributed by atoms with E-state index < -0.39 is 5.97 Å². The molecule has 0 saturated carbocycles. The molecule has 0 aromatic heterocycles. The van der Waals surface area contributed by atoms with E-state index in [1.165, 1.54) is 5.56 Å². The van der Waals surface area contributed by atoms with Crippen molar-refractivity contribution in [3.63, 3.8) is 0 Å². The van der Waals surface area contributed by atoms with E-state index in [0.29, 0.717) is 11.5 Å². The van der Waals surface area contributed by atoms with Gasteiger partial charge in [-0.3, -0.25) is 0 Å². The monoisotopic (exact) mass is 192 g/mol. The van der Waals surface area contributed by atoms with E-state index in [-0.39, 0.29) is 0 Å². The Bertz CT molecular complexity index is 342. The van der Waals surface area contributed by atoms with Crippen LogP contribution >= 0.6 is 0 Å². The molecule has 0 bridgehead atoms. The lowest BCUT2D eigenvalue weighted by atomic mass is 9.91. The van der Waals surface area contributed by atoms with Crippen molar-refractivity contribution >= 4 is 5.97 Å². The average Bonchev–Trinajstić information content (AvgIpc) is 2.01. The lowest BCUT2D eigenvalue weighted by Gasteiger charge is -2.14. The van der Waals surface area contributed by atoms with Gasteiger partial charge in [0.1, 0.15) is 0 Å². The third-order valence-electron chi connectivity index (χ3n) is 2.42. The molecule has 1 aromatic rings. The number of aryl methyl sites for hydroxylation is 2. The first-order valence-corrected chi connectivity index (χ1v) is 4.78. The lowest BCUT2D eigenvalue weighted by molar-refractivity contribution is 0.0696. The molecule has 0 saturated heterocycles. The maximum atomic E-state index is 10.8. The minimum atomic E-state index is -0.855. The zero-order chi connectivity index (χ0) is 10.9. The summed E-state index contributed by atoms with van der Waals surface area (Å²) in [4.78, 5) is 10.8. The molecule has 2 nitrogen and oxygen atoms in total. The summed E-state index contributed by atoms with van der Waals surface area (Å²) in [5.41, 5.74) is 3.77. The Morgan fingerprint density at radius 1 is 1.21 bits per heavy atom. The zero-order valence-electron chi connectivity index (χ0n) is 9.09. The molecule has 0 spiro atoms.